The summed E-state index contributed by atoms with van der Waals surface area (Å²) in [4.78, 5) is 16.5. The molecule has 0 aliphatic carbocycles. The maximum absolute atomic E-state index is 11.2. The molecule has 2 aliphatic heterocycles. The van der Waals surface area contributed by atoms with Crippen LogP contribution in [0.3, 0.4) is 0 Å². The molecule has 7 heteroatoms. The van der Waals surface area contributed by atoms with E-state index in [0.29, 0.717) is 13.2 Å². The summed E-state index contributed by atoms with van der Waals surface area (Å²) in [5, 5.41) is 2.80. The Bertz CT molecular complexity index is 663. The fraction of sp³-hybridized carbons (Fsp3) is 0.474. The number of amides is 1. The van der Waals surface area contributed by atoms with Gasteiger partial charge in [0.1, 0.15) is 4.99 Å². The number of rotatable bonds is 4. The molecule has 2 saturated heterocycles. The molecule has 0 aromatic heterocycles. The number of nitrogens with one attached hydrogen (secondary N) is 1. The third kappa shape index (κ3) is 5.03. The van der Waals surface area contributed by atoms with Crippen LogP contribution in [0.1, 0.15) is 12.5 Å². The zero-order valence-corrected chi connectivity index (χ0v) is 15.9. The van der Waals surface area contributed by atoms with Crippen molar-refractivity contribution in [3.05, 3.63) is 36.0 Å². The fourth-order valence-corrected chi connectivity index (χ4v) is 3.37. The van der Waals surface area contributed by atoms with Crippen LogP contribution >= 0.6 is 12.2 Å². The Morgan fingerprint density at radius 2 is 1.62 bits per heavy atom. The van der Waals surface area contributed by atoms with Crippen LogP contribution in [0, 0.1) is 0 Å². The van der Waals surface area contributed by atoms with Gasteiger partial charge in [0.2, 0.25) is 5.91 Å². The summed E-state index contributed by atoms with van der Waals surface area (Å²) < 4.78 is 10.9. The van der Waals surface area contributed by atoms with Crippen LogP contribution in [0.15, 0.2) is 30.5 Å². The zero-order chi connectivity index (χ0) is 18.4. The number of hydrogen-bond acceptors (Lipinski definition) is 5. The van der Waals surface area contributed by atoms with Gasteiger partial charge in [-0.25, -0.2) is 0 Å². The molecule has 1 aromatic rings. The summed E-state index contributed by atoms with van der Waals surface area (Å²) >= 11 is 5.82. The fourth-order valence-electron chi connectivity index (χ4n) is 3.02. The molecule has 26 heavy (non-hydrogen) atoms. The minimum absolute atomic E-state index is 0.0781. The van der Waals surface area contributed by atoms with Gasteiger partial charge in [0.15, 0.2) is 0 Å². The predicted octanol–water partition coefficient (Wildman–Crippen LogP) is 1.98. The van der Waals surface area contributed by atoms with Crippen molar-refractivity contribution < 1.29 is 14.3 Å². The molecule has 2 aliphatic rings. The molecule has 3 rings (SSSR count). The van der Waals surface area contributed by atoms with Crippen molar-refractivity contribution in [2.45, 2.75) is 6.92 Å². The Hall–Kier alpha value is -1.96. The lowest BCUT2D eigenvalue weighted by Gasteiger charge is -2.32. The van der Waals surface area contributed by atoms with Crippen LogP contribution < -0.4 is 5.32 Å². The average Bonchev–Trinajstić information content (AvgIpc) is 2.67. The van der Waals surface area contributed by atoms with Gasteiger partial charge in [-0.15, -0.1) is 0 Å². The first-order valence-electron chi connectivity index (χ1n) is 8.92. The number of benzene rings is 1. The maximum Gasteiger partial charge on any atom is 0.221 e. The van der Waals surface area contributed by atoms with Gasteiger partial charge in [0.05, 0.1) is 26.4 Å². The first-order valence-corrected chi connectivity index (χ1v) is 9.33. The number of anilines is 1. The minimum atomic E-state index is -0.0781. The molecule has 1 amide bonds. The highest BCUT2D eigenvalue weighted by atomic mass is 32.1. The predicted molar refractivity (Wildman–Crippen MR) is 106 cm³/mol. The third-order valence-corrected chi connectivity index (χ3v) is 4.88. The van der Waals surface area contributed by atoms with E-state index in [2.05, 4.69) is 21.3 Å². The van der Waals surface area contributed by atoms with E-state index in [9.17, 15) is 4.79 Å². The molecule has 0 saturated carbocycles. The van der Waals surface area contributed by atoms with Crippen molar-refractivity contribution in [3.63, 3.8) is 0 Å². The molecule has 0 atom stereocenters. The number of carbonyl (C=O) groups is 1. The molecule has 2 heterocycles. The third-order valence-electron chi connectivity index (χ3n) is 4.40. The van der Waals surface area contributed by atoms with Crippen LogP contribution in [0.25, 0.3) is 5.57 Å². The lowest BCUT2D eigenvalue weighted by molar-refractivity contribution is -0.114. The second-order valence-corrected chi connectivity index (χ2v) is 6.74. The van der Waals surface area contributed by atoms with Crippen LogP contribution in [0.5, 0.6) is 0 Å². The van der Waals surface area contributed by atoms with E-state index >= 15 is 0 Å². The Balaban J connectivity index is 1.85. The molecule has 0 spiro atoms. The minimum Gasteiger partial charge on any atom is -0.378 e. The van der Waals surface area contributed by atoms with Gasteiger partial charge in [-0.3, -0.25) is 4.79 Å². The molecule has 1 aromatic carbocycles. The van der Waals surface area contributed by atoms with Gasteiger partial charge >= 0.3 is 0 Å². The van der Waals surface area contributed by atoms with Crippen molar-refractivity contribution in [2.75, 3.05) is 57.9 Å². The Labute approximate surface area is 159 Å². The molecule has 0 radical (unpaired) electrons. The molecule has 1 N–H and O–H groups in total. The van der Waals surface area contributed by atoms with E-state index < -0.39 is 0 Å². The Morgan fingerprint density at radius 1 is 1.04 bits per heavy atom. The molecule has 140 valence electrons. The van der Waals surface area contributed by atoms with E-state index in [1.165, 1.54) is 6.92 Å². The lowest BCUT2D eigenvalue weighted by Crippen LogP contribution is -2.41. The van der Waals surface area contributed by atoms with Crippen molar-refractivity contribution >= 4 is 34.4 Å². The van der Waals surface area contributed by atoms with Gasteiger partial charge in [-0.1, -0.05) is 24.4 Å². The molecule has 6 nitrogen and oxygen atoms in total. The highest BCUT2D eigenvalue weighted by Gasteiger charge is 2.20. The number of carbonyl (C=O) groups excluding carboxylic acids is 1. The first kappa shape index (κ1) is 18.8. The van der Waals surface area contributed by atoms with Crippen LogP contribution in [-0.2, 0) is 14.3 Å². The standard InChI is InChI=1S/C19H25N3O3S/c1-15(23)20-17-4-2-16(3-5-17)18(14-21-6-10-24-11-7-21)19(26)22-8-12-25-13-9-22/h2-5,14H,6-13H2,1H3,(H,20,23). The van der Waals surface area contributed by atoms with Crippen molar-refractivity contribution in [1.29, 1.82) is 0 Å². The van der Waals surface area contributed by atoms with Gasteiger partial charge in [-0.05, 0) is 17.7 Å². The smallest absolute Gasteiger partial charge is 0.221 e. The summed E-state index contributed by atoms with van der Waals surface area (Å²) in [6, 6.07) is 7.83. The number of hydrogen-bond donors (Lipinski definition) is 1. The second-order valence-electron chi connectivity index (χ2n) is 6.35. The Morgan fingerprint density at radius 3 is 2.19 bits per heavy atom. The quantitative estimate of drug-likeness (QED) is 0.642. The number of nitrogens with zero attached hydrogens (tertiary/aromatic N) is 2. The van der Waals surface area contributed by atoms with Gasteiger partial charge in [0, 0.05) is 50.6 Å². The summed E-state index contributed by atoms with van der Waals surface area (Å²) in [5.74, 6) is -0.0781. The molecule has 0 unspecified atom stereocenters. The van der Waals surface area contributed by atoms with E-state index in [1.807, 2.05) is 24.3 Å². The number of thiocarbonyl (C=S) groups is 1. The summed E-state index contributed by atoms with van der Waals surface area (Å²) in [6.45, 7) is 7.71. The SMILES string of the molecule is CC(=O)Nc1ccc(C(=CN2CCOCC2)C(=S)N2CCOCC2)cc1. The van der Waals surface area contributed by atoms with E-state index in [-0.39, 0.29) is 5.91 Å². The van der Waals surface area contributed by atoms with Gasteiger partial charge < -0.3 is 24.6 Å². The highest BCUT2D eigenvalue weighted by molar-refractivity contribution is 7.81. The van der Waals surface area contributed by atoms with E-state index in [4.69, 9.17) is 21.7 Å². The van der Waals surface area contributed by atoms with Crippen molar-refractivity contribution in [2.24, 2.45) is 0 Å². The van der Waals surface area contributed by atoms with Crippen LogP contribution in [0.4, 0.5) is 5.69 Å². The monoisotopic (exact) mass is 375 g/mol. The topological polar surface area (TPSA) is 54.0 Å². The van der Waals surface area contributed by atoms with Crippen molar-refractivity contribution in [3.8, 4) is 0 Å². The van der Waals surface area contributed by atoms with E-state index in [0.717, 1.165) is 61.2 Å². The second kappa shape index (κ2) is 9.12. The Kier molecular flexibility index (Phi) is 6.60. The van der Waals surface area contributed by atoms with Crippen molar-refractivity contribution in [1.82, 2.24) is 9.80 Å². The van der Waals surface area contributed by atoms with Gasteiger partial charge in [-0.2, -0.15) is 0 Å². The van der Waals surface area contributed by atoms with Crippen LogP contribution in [-0.4, -0.2) is 73.3 Å². The van der Waals surface area contributed by atoms with E-state index in [1.54, 1.807) is 0 Å². The molecule has 2 fully saturated rings. The molecular weight excluding hydrogens is 350 g/mol. The maximum atomic E-state index is 11.2. The normalized spacial score (nSPS) is 18.6. The zero-order valence-electron chi connectivity index (χ0n) is 15.1. The number of morpholine rings is 2. The summed E-state index contributed by atoms with van der Waals surface area (Å²) in [7, 11) is 0. The molecular formula is C19H25N3O3S. The largest absolute Gasteiger partial charge is 0.378 e. The number of ether oxygens (including phenoxy) is 2. The lowest BCUT2D eigenvalue weighted by atomic mass is 10.0. The highest BCUT2D eigenvalue weighted by Crippen LogP contribution is 2.23. The van der Waals surface area contributed by atoms with Crippen LogP contribution in [0.2, 0.25) is 0 Å². The molecule has 0 bridgehead atoms. The first-order chi connectivity index (χ1) is 12.6. The average molecular weight is 375 g/mol. The van der Waals surface area contributed by atoms with Gasteiger partial charge in [0.25, 0.3) is 0 Å². The summed E-state index contributed by atoms with van der Waals surface area (Å²) in [6.07, 6.45) is 2.15. The summed E-state index contributed by atoms with van der Waals surface area (Å²) in [5.41, 5.74) is 2.85.